The number of hydrogen-bond acceptors (Lipinski definition) is 6. The summed E-state index contributed by atoms with van der Waals surface area (Å²) in [5.74, 6) is 0.0770. The normalized spacial score (nSPS) is 16.9. The van der Waals surface area contributed by atoms with Crippen molar-refractivity contribution in [1.82, 2.24) is 10.2 Å². The summed E-state index contributed by atoms with van der Waals surface area (Å²) in [4.78, 5) is 29.3. The SMILES string of the molecule is CCN(CC)Cc1ccc(CN2C(=O)COc3c(Cl)cc(C=C4SC(=S)NC4=O)cc32)cc1. The molecule has 0 aromatic heterocycles. The molecule has 0 radical (unpaired) electrons. The van der Waals surface area contributed by atoms with E-state index in [1.807, 2.05) is 6.07 Å². The van der Waals surface area contributed by atoms with Crippen molar-refractivity contribution in [3.63, 3.8) is 0 Å². The number of nitrogens with zero attached hydrogens (tertiary/aromatic N) is 2. The number of rotatable bonds is 7. The lowest BCUT2D eigenvalue weighted by Crippen LogP contribution is -2.38. The van der Waals surface area contributed by atoms with Crippen LogP contribution in [-0.2, 0) is 22.7 Å². The molecule has 4 rings (SSSR count). The van der Waals surface area contributed by atoms with Crippen LogP contribution in [0, 0.1) is 0 Å². The Kier molecular flexibility index (Phi) is 7.38. The average Bonchev–Trinajstić information content (AvgIpc) is 3.11. The van der Waals surface area contributed by atoms with Crippen molar-refractivity contribution in [1.29, 1.82) is 0 Å². The summed E-state index contributed by atoms with van der Waals surface area (Å²) in [7, 11) is 0. The van der Waals surface area contributed by atoms with Crippen LogP contribution in [-0.4, -0.2) is 40.7 Å². The Bertz CT molecular complexity index is 1130. The van der Waals surface area contributed by atoms with Gasteiger partial charge in [-0.1, -0.05) is 73.7 Å². The van der Waals surface area contributed by atoms with Crippen LogP contribution in [0.4, 0.5) is 5.69 Å². The topological polar surface area (TPSA) is 61.9 Å². The van der Waals surface area contributed by atoms with Crippen molar-refractivity contribution >= 4 is 63.5 Å². The molecule has 2 heterocycles. The Morgan fingerprint density at radius 2 is 1.88 bits per heavy atom. The highest BCUT2D eigenvalue weighted by Gasteiger charge is 2.29. The number of thioether (sulfide) groups is 1. The number of benzene rings is 2. The smallest absolute Gasteiger partial charge is 0.265 e. The average molecular weight is 502 g/mol. The minimum absolute atomic E-state index is 0.0697. The Balaban J connectivity index is 1.60. The van der Waals surface area contributed by atoms with Gasteiger partial charge in [-0.2, -0.15) is 0 Å². The molecule has 9 heteroatoms. The minimum Gasteiger partial charge on any atom is -0.480 e. The molecule has 0 aliphatic carbocycles. The summed E-state index contributed by atoms with van der Waals surface area (Å²) in [6.45, 7) is 7.54. The third-order valence-corrected chi connectivity index (χ3v) is 7.03. The first-order valence-corrected chi connectivity index (χ1v) is 12.3. The van der Waals surface area contributed by atoms with E-state index in [-0.39, 0.29) is 18.4 Å². The lowest BCUT2D eigenvalue weighted by atomic mass is 10.1. The van der Waals surface area contributed by atoms with Crippen LogP contribution in [0.1, 0.15) is 30.5 Å². The molecule has 0 bridgehead atoms. The Labute approximate surface area is 207 Å². The van der Waals surface area contributed by atoms with E-state index in [2.05, 4.69) is 48.3 Å². The number of hydrogen-bond donors (Lipinski definition) is 1. The predicted molar refractivity (Wildman–Crippen MR) is 138 cm³/mol. The maximum Gasteiger partial charge on any atom is 0.265 e. The zero-order chi connectivity index (χ0) is 23.5. The number of fused-ring (bicyclic) bond motifs is 1. The standard InChI is InChI=1S/C24H24ClN3O3S2/c1-3-27(4-2)12-15-5-7-16(8-6-15)13-28-19-10-17(11-20-23(30)26-24(32)33-20)9-18(25)22(19)31-14-21(28)29/h5-11H,3-4,12-14H2,1-2H3,(H,26,30,32). The fourth-order valence-corrected chi connectivity index (χ4v) is 5.08. The Morgan fingerprint density at radius 3 is 2.52 bits per heavy atom. The quantitative estimate of drug-likeness (QED) is 0.442. The van der Waals surface area contributed by atoms with E-state index in [9.17, 15) is 9.59 Å². The first-order chi connectivity index (χ1) is 15.9. The highest BCUT2D eigenvalue weighted by Crippen LogP contribution is 2.41. The van der Waals surface area contributed by atoms with Crippen LogP contribution in [0.5, 0.6) is 5.75 Å². The molecule has 2 aromatic rings. The van der Waals surface area contributed by atoms with Crippen molar-refractivity contribution in [2.24, 2.45) is 0 Å². The Hall–Kier alpha value is -2.39. The number of thiocarbonyl (C=S) groups is 1. The van der Waals surface area contributed by atoms with E-state index in [4.69, 9.17) is 28.6 Å². The largest absolute Gasteiger partial charge is 0.480 e. The summed E-state index contributed by atoms with van der Waals surface area (Å²) >= 11 is 12.7. The van der Waals surface area contributed by atoms with Gasteiger partial charge in [-0.05, 0) is 48.0 Å². The second-order valence-corrected chi connectivity index (χ2v) is 9.88. The minimum atomic E-state index is -0.243. The lowest BCUT2D eigenvalue weighted by Gasteiger charge is -2.30. The number of ether oxygens (including phenoxy) is 1. The maximum absolute atomic E-state index is 12.8. The van der Waals surface area contributed by atoms with Crippen LogP contribution in [0.15, 0.2) is 41.3 Å². The van der Waals surface area contributed by atoms with Gasteiger partial charge in [-0.25, -0.2) is 0 Å². The van der Waals surface area contributed by atoms with E-state index in [1.54, 1.807) is 17.0 Å². The van der Waals surface area contributed by atoms with Gasteiger partial charge in [0.2, 0.25) is 0 Å². The zero-order valence-corrected chi connectivity index (χ0v) is 20.8. The van der Waals surface area contributed by atoms with Crippen LogP contribution in [0.2, 0.25) is 5.02 Å². The molecule has 2 aliphatic heterocycles. The number of carbonyl (C=O) groups excluding carboxylic acids is 2. The molecule has 172 valence electrons. The first-order valence-electron chi connectivity index (χ1n) is 10.7. The molecule has 2 amide bonds. The number of amides is 2. The fraction of sp³-hybridized carbons (Fsp3) is 0.292. The van der Waals surface area contributed by atoms with E-state index in [1.165, 1.54) is 17.3 Å². The second kappa shape index (κ2) is 10.3. The van der Waals surface area contributed by atoms with E-state index in [0.29, 0.717) is 37.8 Å². The molecule has 1 fully saturated rings. The van der Waals surface area contributed by atoms with Crippen LogP contribution in [0.25, 0.3) is 6.08 Å². The van der Waals surface area contributed by atoms with Crippen LogP contribution in [0.3, 0.4) is 0 Å². The highest BCUT2D eigenvalue weighted by molar-refractivity contribution is 8.26. The van der Waals surface area contributed by atoms with E-state index >= 15 is 0 Å². The summed E-state index contributed by atoms with van der Waals surface area (Å²) in [5, 5.41) is 2.98. The number of halogens is 1. The second-order valence-electron chi connectivity index (χ2n) is 7.75. The maximum atomic E-state index is 12.8. The van der Waals surface area contributed by atoms with Gasteiger partial charge in [0.1, 0.15) is 4.32 Å². The first kappa shape index (κ1) is 23.8. The predicted octanol–water partition coefficient (Wildman–Crippen LogP) is 4.60. The summed E-state index contributed by atoms with van der Waals surface area (Å²) in [6.07, 6.45) is 1.71. The Morgan fingerprint density at radius 1 is 1.18 bits per heavy atom. The number of anilines is 1. The van der Waals surface area contributed by atoms with Gasteiger partial charge in [0.25, 0.3) is 11.8 Å². The van der Waals surface area contributed by atoms with Gasteiger partial charge in [-0.3, -0.25) is 14.5 Å². The van der Waals surface area contributed by atoms with Crippen molar-refractivity contribution in [2.75, 3.05) is 24.6 Å². The third-order valence-electron chi connectivity index (χ3n) is 5.58. The van der Waals surface area contributed by atoms with Gasteiger partial charge in [0.05, 0.1) is 22.2 Å². The molecular weight excluding hydrogens is 478 g/mol. The van der Waals surface area contributed by atoms with Crippen LogP contribution >= 0.6 is 35.6 Å². The van der Waals surface area contributed by atoms with E-state index < -0.39 is 0 Å². The van der Waals surface area contributed by atoms with Crippen molar-refractivity contribution < 1.29 is 14.3 Å². The molecule has 0 saturated carbocycles. The van der Waals surface area contributed by atoms with Gasteiger partial charge >= 0.3 is 0 Å². The fourth-order valence-electron chi connectivity index (χ4n) is 3.76. The summed E-state index contributed by atoms with van der Waals surface area (Å²) in [5.41, 5.74) is 3.52. The molecule has 0 spiro atoms. The van der Waals surface area contributed by atoms with E-state index in [0.717, 1.165) is 25.2 Å². The summed E-state index contributed by atoms with van der Waals surface area (Å²) in [6, 6.07) is 11.8. The van der Waals surface area contributed by atoms with Gasteiger partial charge < -0.3 is 15.0 Å². The zero-order valence-electron chi connectivity index (χ0n) is 18.4. The molecular formula is C24H24ClN3O3S2. The molecule has 0 unspecified atom stereocenters. The van der Waals surface area contributed by atoms with Gasteiger partial charge in [0, 0.05) is 6.54 Å². The molecule has 2 aromatic carbocycles. The number of carbonyl (C=O) groups is 2. The molecule has 33 heavy (non-hydrogen) atoms. The molecule has 1 saturated heterocycles. The number of nitrogens with one attached hydrogen (secondary N) is 1. The monoisotopic (exact) mass is 501 g/mol. The summed E-state index contributed by atoms with van der Waals surface area (Å²) < 4.78 is 6.05. The molecule has 6 nitrogen and oxygen atoms in total. The van der Waals surface area contributed by atoms with Crippen molar-refractivity contribution in [2.45, 2.75) is 26.9 Å². The molecule has 2 aliphatic rings. The van der Waals surface area contributed by atoms with Crippen molar-refractivity contribution in [3.05, 3.63) is 63.0 Å². The highest BCUT2D eigenvalue weighted by atomic mass is 35.5. The molecule has 1 N–H and O–H groups in total. The van der Waals surface area contributed by atoms with Gasteiger partial charge in [-0.15, -0.1) is 0 Å². The van der Waals surface area contributed by atoms with Crippen molar-refractivity contribution in [3.8, 4) is 5.75 Å². The molecule has 0 atom stereocenters. The van der Waals surface area contributed by atoms with Crippen LogP contribution < -0.4 is 15.0 Å². The third kappa shape index (κ3) is 5.41. The lowest BCUT2D eigenvalue weighted by molar-refractivity contribution is -0.121. The van der Waals surface area contributed by atoms with Gasteiger partial charge in [0.15, 0.2) is 12.4 Å².